The van der Waals surface area contributed by atoms with E-state index in [4.69, 9.17) is 11.4 Å². The molecule has 2 aromatic carbocycles. The van der Waals surface area contributed by atoms with Gasteiger partial charge in [0, 0.05) is 60.1 Å². The number of benzene rings is 2. The maximum Gasteiger partial charge on any atom is 0.199 e. The lowest BCUT2D eigenvalue weighted by Gasteiger charge is -2.36. The summed E-state index contributed by atoms with van der Waals surface area (Å²) in [7, 11) is 1.72. The second-order valence-electron chi connectivity index (χ2n) is 8.13. The number of aromatic nitrogens is 1. The summed E-state index contributed by atoms with van der Waals surface area (Å²) in [6, 6.07) is 13.2. The minimum atomic E-state index is 0.252. The van der Waals surface area contributed by atoms with Crippen LogP contribution in [0.3, 0.4) is 0 Å². The molecule has 0 aliphatic carbocycles. The van der Waals surface area contributed by atoms with Gasteiger partial charge in [-0.2, -0.15) is 5.10 Å². The molecule has 1 atom stereocenters. The van der Waals surface area contributed by atoms with Crippen molar-refractivity contribution in [3.8, 4) is 0 Å². The fraction of sp³-hybridized carbons (Fsp3) is 0.348. The van der Waals surface area contributed by atoms with E-state index in [0.29, 0.717) is 6.04 Å². The molecule has 3 N–H and O–H groups in total. The van der Waals surface area contributed by atoms with Crippen molar-refractivity contribution in [2.75, 3.05) is 6.54 Å². The molecule has 31 heavy (non-hydrogen) atoms. The number of fused-ring (bicyclic) bond motifs is 1. The van der Waals surface area contributed by atoms with E-state index >= 15 is 0 Å². The Morgan fingerprint density at radius 1 is 1.19 bits per heavy atom. The van der Waals surface area contributed by atoms with Gasteiger partial charge in [-0.05, 0) is 61.6 Å². The van der Waals surface area contributed by atoms with Crippen LogP contribution in [0.2, 0.25) is 0 Å². The van der Waals surface area contributed by atoms with E-state index in [0.717, 1.165) is 25.1 Å². The van der Waals surface area contributed by atoms with Gasteiger partial charge in [-0.3, -0.25) is 8.87 Å². The third-order valence-corrected chi connectivity index (χ3v) is 8.02. The maximum absolute atomic E-state index is 7.22. The number of hydrogen-bond acceptors (Lipinski definition) is 5. The average molecular weight is 546 g/mol. The summed E-state index contributed by atoms with van der Waals surface area (Å²) in [5, 5.41) is 8.36. The Bertz CT molecular complexity index is 1120. The van der Waals surface area contributed by atoms with Crippen molar-refractivity contribution in [3.05, 3.63) is 70.4 Å². The quantitative estimate of drug-likeness (QED) is 0.0960. The first-order valence-corrected chi connectivity index (χ1v) is 13.8. The lowest BCUT2D eigenvalue weighted by Crippen LogP contribution is -2.33. The molecule has 0 amide bonds. The number of halogens is 1. The number of nitrogens with zero attached hydrogens (tertiary/aromatic N) is 4. The van der Waals surface area contributed by atoms with Crippen molar-refractivity contribution in [1.29, 1.82) is 5.53 Å². The number of hydrazone groups is 1. The van der Waals surface area contributed by atoms with Gasteiger partial charge in [0.25, 0.3) is 0 Å². The fourth-order valence-electron chi connectivity index (χ4n) is 4.79. The van der Waals surface area contributed by atoms with E-state index in [9.17, 15) is 0 Å². The molecule has 0 bridgehead atoms. The van der Waals surface area contributed by atoms with Crippen molar-refractivity contribution in [3.63, 3.8) is 0 Å². The van der Waals surface area contributed by atoms with Crippen LogP contribution in [0.5, 0.6) is 0 Å². The molecule has 4 rings (SSSR count). The lowest BCUT2D eigenvalue weighted by molar-refractivity contribution is 0.141. The first-order valence-electron chi connectivity index (χ1n) is 10.5. The molecule has 0 saturated carbocycles. The summed E-state index contributed by atoms with van der Waals surface area (Å²) >= 11 is 2.35. The monoisotopic (exact) mass is 546 g/mol. The Morgan fingerprint density at radius 3 is 2.65 bits per heavy atom. The zero-order chi connectivity index (χ0) is 22.0. The summed E-state index contributed by atoms with van der Waals surface area (Å²) < 4.78 is 2.26. The van der Waals surface area contributed by atoms with Crippen molar-refractivity contribution in [2.24, 2.45) is 16.1 Å². The van der Waals surface area contributed by atoms with E-state index in [1.807, 2.05) is 12.1 Å². The van der Waals surface area contributed by atoms with Gasteiger partial charge in [-0.15, -0.1) is 5.11 Å². The third-order valence-electron chi connectivity index (χ3n) is 6.29. The highest BCUT2D eigenvalue weighted by molar-refractivity contribution is 14.2. The van der Waals surface area contributed by atoms with E-state index < -0.39 is 0 Å². The Balaban J connectivity index is 1.66. The van der Waals surface area contributed by atoms with E-state index in [1.165, 1.54) is 46.0 Å². The van der Waals surface area contributed by atoms with E-state index in [-0.39, 0.29) is 5.84 Å². The standard InChI is InChI=1S/C23H27IN6S/c1-15-13-16(2)22-19(10-12-30(22)31-24)20(15)14-29-11-4-3-5-21(29)17-6-8-18(9-7-17)23(27-25)28-26/h6-10,12-13,21,25H,3-5,11,14,26H2,1-2H3. The summed E-state index contributed by atoms with van der Waals surface area (Å²) in [5.74, 6) is 5.60. The molecule has 1 fully saturated rings. The molecule has 6 nitrogen and oxygen atoms in total. The molecule has 1 aromatic heterocycles. The van der Waals surface area contributed by atoms with Crippen molar-refractivity contribution < 1.29 is 0 Å². The Kier molecular flexibility index (Phi) is 6.98. The molecule has 3 aromatic rings. The normalized spacial score (nSPS) is 17.9. The zero-order valence-corrected chi connectivity index (χ0v) is 20.8. The van der Waals surface area contributed by atoms with Gasteiger partial charge >= 0.3 is 0 Å². The smallest absolute Gasteiger partial charge is 0.199 e. The number of nitrogens with two attached hydrogens (primary N) is 1. The van der Waals surface area contributed by atoms with Crippen molar-refractivity contribution in [1.82, 2.24) is 8.87 Å². The van der Waals surface area contributed by atoms with Gasteiger partial charge in [0.2, 0.25) is 0 Å². The molecule has 1 saturated heterocycles. The van der Waals surface area contributed by atoms with Crippen LogP contribution < -0.4 is 5.84 Å². The van der Waals surface area contributed by atoms with Gasteiger partial charge in [0.05, 0.1) is 5.52 Å². The average Bonchev–Trinajstić information content (AvgIpc) is 3.23. The van der Waals surface area contributed by atoms with Crippen LogP contribution >= 0.6 is 30.3 Å². The fourth-order valence-corrected chi connectivity index (χ4v) is 6.19. The number of aryl methyl sites for hydroxylation is 2. The minimum Gasteiger partial charge on any atom is -0.321 e. The minimum absolute atomic E-state index is 0.252. The summed E-state index contributed by atoms with van der Waals surface area (Å²) in [6.45, 7) is 6.49. The molecule has 162 valence electrons. The topological polar surface area (TPSA) is 82.8 Å². The number of rotatable bonds is 5. The molecule has 8 heteroatoms. The first-order chi connectivity index (χ1) is 15.1. The van der Waals surface area contributed by atoms with Gasteiger partial charge in [-0.25, -0.2) is 5.53 Å². The molecule has 1 unspecified atom stereocenters. The van der Waals surface area contributed by atoms with Crippen molar-refractivity contribution in [2.45, 2.75) is 45.7 Å². The summed E-state index contributed by atoms with van der Waals surface area (Å²) in [5.41, 5.74) is 14.7. The van der Waals surface area contributed by atoms with Crippen LogP contribution in [0.4, 0.5) is 0 Å². The second kappa shape index (κ2) is 9.70. The number of amidine groups is 1. The van der Waals surface area contributed by atoms with Crippen molar-refractivity contribution >= 4 is 47.1 Å². The highest BCUT2D eigenvalue weighted by Crippen LogP contribution is 2.36. The van der Waals surface area contributed by atoms with Crippen LogP contribution in [0.15, 0.2) is 52.8 Å². The van der Waals surface area contributed by atoms with E-state index in [1.54, 1.807) is 9.12 Å². The highest BCUT2D eigenvalue weighted by atomic mass is 127. The van der Waals surface area contributed by atoms with Gasteiger partial charge < -0.3 is 5.84 Å². The second-order valence-corrected chi connectivity index (χ2v) is 9.84. The lowest BCUT2D eigenvalue weighted by atomic mass is 9.92. The molecular weight excluding hydrogens is 519 g/mol. The largest absolute Gasteiger partial charge is 0.321 e. The van der Waals surface area contributed by atoms with Crippen LogP contribution in [-0.4, -0.2) is 21.3 Å². The predicted molar refractivity (Wildman–Crippen MR) is 138 cm³/mol. The SMILES string of the molecule is Cc1cc(C)c2c(ccn2SI)c1CN1CCCCC1c1ccc(C(N=N)=NN)cc1. The third kappa shape index (κ3) is 4.38. The molecule has 0 radical (unpaired) electrons. The van der Waals surface area contributed by atoms with Crippen LogP contribution in [-0.2, 0) is 6.54 Å². The maximum atomic E-state index is 7.22. The number of likely N-dealkylation sites (tertiary alicyclic amines) is 1. The molecule has 2 heterocycles. The van der Waals surface area contributed by atoms with E-state index in [2.05, 4.69) is 84.6 Å². The number of hydrogen-bond donors (Lipinski definition) is 2. The van der Waals surface area contributed by atoms with Gasteiger partial charge in [0.1, 0.15) is 0 Å². The highest BCUT2D eigenvalue weighted by Gasteiger charge is 2.25. The Labute approximate surface area is 199 Å². The molecular formula is C23H27IN6S. The Morgan fingerprint density at radius 2 is 1.97 bits per heavy atom. The zero-order valence-electron chi connectivity index (χ0n) is 17.8. The number of nitrogens with one attached hydrogen (secondary N) is 1. The molecule has 1 aliphatic rings. The summed E-state index contributed by atoms with van der Waals surface area (Å²) in [4.78, 5) is 2.62. The predicted octanol–water partition coefficient (Wildman–Crippen LogP) is 6.48. The summed E-state index contributed by atoms with van der Waals surface area (Å²) in [6.07, 6.45) is 5.80. The number of piperidine rings is 1. The Hall–Kier alpha value is -1.91. The van der Waals surface area contributed by atoms with Crippen LogP contribution in [0.1, 0.15) is 53.1 Å². The van der Waals surface area contributed by atoms with Crippen LogP contribution in [0, 0.1) is 19.4 Å². The molecule has 1 aliphatic heterocycles. The van der Waals surface area contributed by atoms with Crippen LogP contribution in [0.25, 0.3) is 10.9 Å². The first kappa shape index (κ1) is 22.3. The van der Waals surface area contributed by atoms with Gasteiger partial charge in [0.15, 0.2) is 5.84 Å². The molecule has 0 spiro atoms. The van der Waals surface area contributed by atoms with Gasteiger partial charge in [-0.1, -0.05) is 36.8 Å².